The molecule has 30 heavy (non-hydrogen) atoms. The normalized spacial score (nSPS) is 10.8. The zero-order valence-corrected chi connectivity index (χ0v) is 17.0. The largest absolute Gasteiger partial charge is 0.323 e. The number of nitrogens with one attached hydrogen (secondary N) is 3. The molecule has 3 rings (SSSR count). The third kappa shape index (κ3) is 3.93. The SMILES string of the molecule is Cc1ccc(NC(=O)N(C)Cc2c(C)c([N+](=O)[O-])cc3[nH]c(=O)c(=O)[nH]c23)c(C)c1. The summed E-state index contributed by atoms with van der Waals surface area (Å²) in [7, 11) is 1.53. The molecule has 0 aliphatic heterocycles. The van der Waals surface area contributed by atoms with Gasteiger partial charge >= 0.3 is 17.1 Å². The predicted octanol–water partition coefficient (Wildman–Crippen LogP) is 2.71. The Morgan fingerprint density at radius 1 is 1.13 bits per heavy atom. The Morgan fingerprint density at radius 2 is 1.80 bits per heavy atom. The van der Waals surface area contributed by atoms with Gasteiger partial charge < -0.3 is 20.2 Å². The van der Waals surface area contributed by atoms with Crippen LogP contribution in [0.25, 0.3) is 11.0 Å². The van der Waals surface area contributed by atoms with Crippen LogP contribution in [-0.2, 0) is 6.54 Å². The number of hydrogen-bond acceptors (Lipinski definition) is 5. The summed E-state index contributed by atoms with van der Waals surface area (Å²) in [4.78, 5) is 53.2. The lowest BCUT2D eigenvalue weighted by molar-refractivity contribution is -0.385. The zero-order chi connectivity index (χ0) is 22.2. The van der Waals surface area contributed by atoms with Crippen molar-refractivity contribution in [3.63, 3.8) is 0 Å². The summed E-state index contributed by atoms with van der Waals surface area (Å²) in [6, 6.07) is 6.39. The first-order valence-corrected chi connectivity index (χ1v) is 9.11. The fourth-order valence-corrected chi connectivity index (χ4v) is 3.27. The van der Waals surface area contributed by atoms with Crippen molar-refractivity contribution in [2.45, 2.75) is 27.3 Å². The molecule has 3 N–H and O–H groups in total. The third-order valence-electron chi connectivity index (χ3n) is 4.94. The van der Waals surface area contributed by atoms with E-state index in [1.165, 1.54) is 24.9 Å². The summed E-state index contributed by atoms with van der Waals surface area (Å²) >= 11 is 0. The van der Waals surface area contributed by atoms with Crippen molar-refractivity contribution in [1.29, 1.82) is 0 Å². The molecule has 0 saturated carbocycles. The Bertz CT molecular complexity index is 1290. The number of H-pyrrole nitrogens is 2. The first-order chi connectivity index (χ1) is 14.1. The van der Waals surface area contributed by atoms with Crippen LogP contribution in [0.4, 0.5) is 16.2 Å². The lowest BCUT2D eigenvalue weighted by Gasteiger charge is -2.21. The molecule has 10 heteroatoms. The molecule has 2 amide bonds. The quantitative estimate of drug-likeness (QED) is 0.344. The number of nitrogens with zero attached hydrogens (tertiary/aromatic N) is 2. The maximum atomic E-state index is 12.7. The second kappa shape index (κ2) is 7.82. The first-order valence-electron chi connectivity index (χ1n) is 9.11. The van der Waals surface area contributed by atoms with Crippen molar-refractivity contribution in [1.82, 2.24) is 14.9 Å². The summed E-state index contributed by atoms with van der Waals surface area (Å²) in [5.74, 6) is 0. The van der Waals surface area contributed by atoms with Crippen molar-refractivity contribution < 1.29 is 9.72 Å². The van der Waals surface area contributed by atoms with Crippen LogP contribution in [0.1, 0.15) is 22.3 Å². The summed E-state index contributed by atoms with van der Waals surface area (Å²) in [6.07, 6.45) is 0. The third-order valence-corrected chi connectivity index (χ3v) is 4.94. The molecule has 10 nitrogen and oxygen atoms in total. The lowest BCUT2D eigenvalue weighted by Crippen LogP contribution is -2.33. The Hall–Kier alpha value is -3.95. The van der Waals surface area contributed by atoms with E-state index in [1.54, 1.807) is 6.07 Å². The Balaban J connectivity index is 2.01. The van der Waals surface area contributed by atoms with Gasteiger partial charge in [0.05, 0.1) is 16.0 Å². The van der Waals surface area contributed by atoms with Gasteiger partial charge in [-0.15, -0.1) is 0 Å². The lowest BCUT2D eigenvalue weighted by atomic mass is 10.0. The number of aromatic nitrogens is 2. The summed E-state index contributed by atoms with van der Waals surface area (Å²) < 4.78 is 0. The molecule has 0 bridgehead atoms. The number of nitro groups is 1. The van der Waals surface area contributed by atoms with Crippen LogP contribution >= 0.6 is 0 Å². The molecule has 0 atom stereocenters. The highest BCUT2D eigenvalue weighted by Gasteiger charge is 2.22. The average Bonchev–Trinajstić information content (AvgIpc) is 2.67. The van der Waals surface area contributed by atoms with E-state index in [0.29, 0.717) is 16.8 Å². The number of carbonyl (C=O) groups excluding carboxylic acids is 1. The molecule has 3 aromatic rings. The van der Waals surface area contributed by atoms with Crippen LogP contribution in [0.3, 0.4) is 0 Å². The topological polar surface area (TPSA) is 141 Å². The van der Waals surface area contributed by atoms with Gasteiger partial charge in [0.15, 0.2) is 0 Å². The van der Waals surface area contributed by atoms with Crippen molar-refractivity contribution in [3.8, 4) is 0 Å². The number of urea groups is 1. The predicted molar refractivity (Wildman–Crippen MR) is 113 cm³/mol. The summed E-state index contributed by atoms with van der Waals surface area (Å²) in [6.45, 7) is 5.34. The van der Waals surface area contributed by atoms with E-state index in [0.717, 1.165) is 11.1 Å². The fraction of sp³-hybridized carbons (Fsp3) is 0.250. The zero-order valence-electron chi connectivity index (χ0n) is 17.0. The summed E-state index contributed by atoms with van der Waals surface area (Å²) in [5, 5.41) is 14.3. The van der Waals surface area contributed by atoms with Crippen molar-refractivity contribution >= 4 is 28.4 Å². The number of aromatic amines is 2. The smallest absolute Gasteiger partial charge is 0.321 e. The van der Waals surface area contributed by atoms with Crippen LogP contribution in [-0.4, -0.2) is 32.9 Å². The maximum Gasteiger partial charge on any atom is 0.321 e. The minimum atomic E-state index is -0.910. The van der Waals surface area contributed by atoms with E-state index in [1.807, 2.05) is 26.0 Å². The fourth-order valence-electron chi connectivity index (χ4n) is 3.27. The molecule has 0 radical (unpaired) electrons. The number of amides is 2. The highest BCUT2D eigenvalue weighted by Crippen LogP contribution is 2.28. The summed E-state index contributed by atoms with van der Waals surface area (Å²) in [5.41, 5.74) is 1.63. The van der Waals surface area contributed by atoms with Gasteiger partial charge in [-0.25, -0.2) is 4.79 Å². The standard InChI is InChI=1S/C20H21N5O5/c1-10-5-6-14(11(2)7-10)22-20(28)24(4)9-13-12(3)16(25(29)30)8-15-17(13)23-19(27)18(26)21-15/h5-8H,9H2,1-4H3,(H,21,26)(H,22,28)(H,23,27). The van der Waals surface area contributed by atoms with Gasteiger partial charge in [0.2, 0.25) is 0 Å². The Kier molecular flexibility index (Phi) is 5.41. The van der Waals surface area contributed by atoms with E-state index in [4.69, 9.17) is 0 Å². The Labute approximate surface area is 170 Å². The van der Waals surface area contributed by atoms with Gasteiger partial charge in [0.25, 0.3) is 5.69 Å². The van der Waals surface area contributed by atoms with E-state index in [-0.39, 0.29) is 23.3 Å². The monoisotopic (exact) mass is 411 g/mol. The molecule has 0 unspecified atom stereocenters. The molecule has 1 aromatic heterocycles. The van der Waals surface area contributed by atoms with Gasteiger partial charge in [0.1, 0.15) is 0 Å². The van der Waals surface area contributed by atoms with E-state index < -0.39 is 22.1 Å². The number of hydrogen-bond donors (Lipinski definition) is 3. The molecule has 156 valence electrons. The van der Waals surface area contributed by atoms with Crippen molar-refractivity contribution in [2.75, 3.05) is 12.4 Å². The first kappa shape index (κ1) is 20.8. The molecular formula is C20H21N5O5. The van der Waals surface area contributed by atoms with Gasteiger partial charge in [0, 0.05) is 36.5 Å². The number of anilines is 1. The van der Waals surface area contributed by atoms with E-state index >= 15 is 0 Å². The van der Waals surface area contributed by atoms with Crippen LogP contribution in [0, 0.1) is 30.9 Å². The van der Waals surface area contributed by atoms with Crippen LogP contribution in [0.5, 0.6) is 0 Å². The highest BCUT2D eigenvalue weighted by atomic mass is 16.6. The molecule has 0 aliphatic rings. The van der Waals surface area contributed by atoms with Gasteiger partial charge in [-0.1, -0.05) is 17.7 Å². The number of benzene rings is 2. The van der Waals surface area contributed by atoms with Crippen LogP contribution in [0.15, 0.2) is 33.9 Å². The Morgan fingerprint density at radius 3 is 2.43 bits per heavy atom. The van der Waals surface area contributed by atoms with Crippen molar-refractivity contribution in [2.24, 2.45) is 0 Å². The minimum absolute atomic E-state index is 0.0251. The van der Waals surface area contributed by atoms with Gasteiger partial charge in [-0.3, -0.25) is 19.7 Å². The molecule has 0 aliphatic carbocycles. The number of rotatable bonds is 4. The van der Waals surface area contributed by atoms with Gasteiger partial charge in [-0.2, -0.15) is 0 Å². The molecular weight excluding hydrogens is 390 g/mol. The second-order valence-corrected chi connectivity index (χ2v) is 7.19. The van der Waals surface area contributed by atoms with Crippen LogP contribution < -0.4 is 16.4 Å². The second-order valence-electron chi connectivity index (χ2n) is 7.19. The average molecular weight is 411 g/mol. The van der Waals surface area contributed by atoms with E-state index in [9.17, 15) is 24.5 Å². The number of carbonyl (C=O) groups is 1. The number of aryl methyl sites for hydroxylation is 2. The molecule has 0 spiro atoms. The maximum absolute atomic E-state index is 12.7. The van der Waals surface area contributed by atoms with E-state index in [2.05, 4.69) is 15.3 Å². The minimum Gasteiger partial charge on any atom is -0.323 e. The molecule has 0 fully saturated rings. The van der Waals surface area contributed by atoms with Crippen LogP contribution in [0.2, 0.25) is 0 Å². The van der Waals surface area contributed by atoms with Crippen molar-refractivity contribution in [3.05, 3.63) is 77.3 Å². The van der Waals surface area contributed by atoms with Gasteiger partial charge in [-0.05, 0) is 32.4 Å². The molecule has 1 heterocycles. The highest BCUT2D eigenvalue weighted by molar-refractivity contribution is 5.90. The molecule has 0 saturated heterocycles. The number of nitro benzene ring substituents is 1. The molecule has 2 aromatic carbocycles. The number of fused-ring (bicyclic) bond motifs is 1.